The van der Waals surface area contributed by atoms with Crippen molar-refractivity contribution >= 4 is 0 Å². The fraction of sp³-hybridized carbons (Fsp3) is 1.00. The van der Waals surface area contributed by atoms with Crippen molar-refractivity contribution in [3.63, 3.8) is 0 Å². The summed E-state index contributed by atoms with van der Waals surface area (Å²) in [7, 11) is 9.88. The van der Waals surface area contributed by atoms with Crippen LogP contribution in [0.3, 0.4) is 0 Å². The standard InChI is InChI=1S/C5H13NO.C4H11N.C2H6/c1-6(2)4-5-7-3;1-4-5(2)3;1-2/h4-5H2,1-3H3;4H2,1-3H3;1-2H3. The van der Waals surface area contributed by atoms with E-state index >= 15 is 0 Å². The van der Waals surface area contributed by atoms with E-state index in [1.807, 2.05) is 27.9 Å². The summed E-state index contributed by atoms with van der Waals surface area (Å²) in [6.45, 7) is 9.10. The van der Waals surface area contributed by atoms with Crippen LogP contribution in [0.1, 0.15) is 20.8 Å². The van der Waals surface area contributed by atoms with E-state index in [1.54, 1.807) is 7.11 Å². The van der Waals surface area contributed by atoms with E-state index in [9.17, 15) is 0 Å². The Kier molecular flexibility index (Phi) is 25.9. The third kappa shape index (κ3) is 40.7. The van der Waals surface area contributed by atoms with Gasteiger partial charge < -0.3 is 14.5 Å². The summed E-state index contributed by atoms with van der Waals surface area (Å²) in [5.74, 6) is 0. The Hall–Kier alpha value is -0.120. The minimum atomic E-state index is 0.826. The number of rotatable bonds is 4. The monoisotopic (exact) mass is 206 g/mol. The molecule has 14 heavy (non-hydrogen) atoms. The van der Waals surface area contributed by atoms with Crippen LogP contribution in [0.5, 0.6) is 0 Å². The molecule has 0 spiro atoms. The molecule has 0 aliphatic carbocycles. The van der Waals surface area contributed by atoms with E-state index in [2.05, 4.69) is 30.8 Å². The molecule has 0 atom stereocenters. The summed E-state index contributed by atoms with van der Waals surface area (Å²) < 4.78 is 4.81. The van der Waals surface area contributed by atoms with E-state index in [0.717, 1.165) is 19.7 Å². The molecule has 0 rings (SSSR count). The van der Waals surface area contributed by atoms with Gasteiger partial charge in [-0.3, -0.25) is 0 Å². The summed E-state index contributed by atoms with van der Waals surface area (Å²) in [5, 5.41) is 0. The van der Waals surface area contributed by atoms with Gasteiger partial charge in [-0.15, -0.1) is 0 Å². The lowest BCUT2D eigenvalue weighted by Gasteiger charge is -2.06. The number of hydrogen-bond donors (Lipinski definition) is 0. The molecule has 0 aromatic carbocycles. The summed E-state index contributed by atoms with van der Waals surface area (Å²) in [4.78, 5) is 4.21. The molecule has 90 valence electrons. The van der Waals surface area contributed by atoms with Gasteiger partial charge in [0.15, 0.2) is 0 Å². The third-order valence-corrected chi connectivity index (χ3v) is 1.38. The lowest BCUT2D eigenvalue weighted by molar-refractivity contribution is 0.172. The predicted molar refractivity (Wildman–Crippen MR) is 66.0 cm³/mol. The first-order valence-corrected chi connectivity index (χ1v) is 5.33. The molecule has 0 aromatic heterocycles. The highest BCUT2D eigenvalue weighted by Crippen LogP contribution is 1.71. The Morgan fingerprint density at radius 1 is 0.929 bits per heavy atom. The maximum atomic E-state index is 4.81. The predicted octanol–water partition coefficient (Wildman–Crippen LogP) is 1.79. The van der Waals surface area contributed by atoms with Crippen LogP contribution in [0.2, 0.25) is 0 Å². The average Bonchev–Trinajstić information content (AvgIpc) is 2.18. The molecule has 0 N–H and O–H groups in total. The lowest BCUT2D eigenvalue weighted by Crippen LogP contribution is -2.16. The van der Waals surface area contributed by atoms with Crippen molar-refractivity contribution in [1.29, 1.82) is 0 Å². The topological polar surface area (TPSA) is 15.7 Å². The van der Waals surface area contributed by atoms with Crippen LogP contribution in [-0.4, -0.2) is 64.8 Å². The maximum absolute atomic E-state index is 4.81. The molecule has 0 radical (unpaired) electrons. The van der Waals surface area contributed by atoms with E-state index in [0.29, 0.717) is 0 Å². The number of nitrogens with zero attached hydrogens (tertiary/aromatic N) is 2. The number of methoxy groups -OCH3 is 1. The van der Waals surface area contributed by atoms with Crippen molar-refractivity contribution in [3.8, 4) is 0 Å². The molecule has 0 bridgehead atoms. The summed E-state index contributed by atoms with van der Waals surface area (Å²) >= 11 is 0. The van der Waals surface area contributed by atoms with Crippen molar-refractivity contribution < 1.29 is 4.74 Å². The van der Waals surface area contributed by atoms with E-state index in [1.165, 1.54) is 0 Å². The molecule has 0 fully saturated rings. The fourth-order valence-electron chi connectivity index (χ4n) is 0.274. The van der Waals surface area contributed by atoms with Crippen LogP contribution >= 0.6 is 0 Å². The zero-order valence-corrected chi connectivity index (χ0v) is 11.4. The van der Waals surface area contributed by atoms with Crippen LogP contribution < -0.4 is 0 Å². The van der Waals surface area contributed by atoms with Crippen molar-refractivity contribution in [2.45, 2.75) is 20.8 Å². The van der Waals surface area contributed by atoms with Crippen molar-refractivity contribution in [3.05, 3.63) is 0 Å². The van der Waals surface area contributed by atoms with E-state index in [-0.39, 0.29) is 0 Å². The highest BCUT2D eigenvalue weighted by atomic mass is 16.5. The number of ether oxygens (including phenoxy) is 1. The van der Waals surface area contributed by atoms with Crippen LogP contribution in [0.4, 0.5) is 0 Å². The molecular weight excluding hydrogens is 176 g/mol. The molecule has 0 aliphatic rings. The third-order valence-electron chi connectivity index (χ3n) is 1.38. The average molecular weight is 206 g/mol. The number of hydrogen-bond acceptors (Lipinski definition) is 3. The molecule has 3 heteroatoms. The van der Waals surface area contributed by atoms with Gasteiger partial charge in [0.25, 0.3) is 0 Å². The second-order valence-corrected chi connectivity index (χ2v) is 3.19. The highest BCUT2D eigenvalue weighted by Gasteiger charge is 1.83. The largest absolute Gasteiger partial charge is 0.383 e. The minimum Gasteiger partial charge on any atom is -0.383 e. The Bertz CT molecular complexity index is 75.7. The van der Waals surface area contributed by atoms with Gasteiger partial charge >= 0.3 is 0 Å². The molecule has 0 amide bonds. The van der Waals surface area contributed by atoms with Gasteiger partial charge in [-0.1, -0.05) is 20.8 Å². The first-order chi connectivity index (χ1) is 6.54. The van der Waals surface area contributed by atoms with Gasteiger partial charge in [0.05, 0.1) is 6.61 Å². The van der Waals surface area contributed by atoms with Crippen molar-refractivity contribution in [2.75, 3.05) is 55.0 Å². The first-order valence-electron chi connectivity index (χ1n) is 5.33. The molecule has 3 nitrogen and oxygen atoms in total. The van der Waals surface area contributed by atoms with Gasteiger partial charge in [0.2, 0.25) is 0 Å². The molecule has 0 unspecified atom stereocenters. The van der Waals surface area contributed by atoms with E-state index in [4.69, 9.17) is 4.74 Å². The van der Waals surface area contributed by atoms with Crippen molar-refractivity contribution in [2.24, 2.45) is 0 Å². The molecule has 0 saturated heterocycles. The van der Waals surface area contributed by atoms with Gasteiger partial charge in [0, 0.05) is 13.7 Å². The summed E-state index contributed by atoms with van der Waals surface area (Å²) in [6.07, 6.45) is 0. The van der Waals surface area contributed by atoms with Gasteiger partial charge in [-0.25, -0.2) is 0 Å². The summed E-state index contributed by atoms with van der Waals surface area (Å²) in [6, 6.07) is 0. The quantitative estimate of drug-likeness (QED) is 0.697. The maximum Gasteiger partial charge on any atom is 0.0589 e. The van der Waals surface area contributed by atoms with Crippen molar-refractivity contribution in [1.82, 2.24) is 9.80 Å². The van der Waals surface area contributed by atoms with Crippen LogP contribution in [-0.2, 0) is 4.74 Å². The molecule has 0 aromatic rings. The second-order valence-electron chi connectivity index (χ2n) is 3.19. The highest BCUT2D eigenvalue weighted by molar-refractivity contribution is 4.36. The Morgan fingerprint density at radius 2 is 1.29 bits per heavy atom. The zero-order valence-electron chi connectivity index (χ0n) is 11.4. The molecule has 0 heterocycles. The molecular formula is C11H30N2O. The van der Waals surface area contributed by atoms with Gasteiger partial charge in [-0.2, -0.15) is 0 Å². The van der Waals surface area contributed by atoms with Gasteiger partial charge in [-0.05, 0) is 34.7 Å². The van der Waals surface area contributed by atoms with Crippen LogP contribution in [0, 0.1) is 0 Å². The molecule has 0 saturated carbocycles. The zero-order chi connectivity index (χ0) is 12.0. The van der Waals surface area contributed by atoms with Crippen LogP contribution in [0.15, 0.2) is 0 Å². The van der Waals surface area contributed by atoms with Crippen LogP contribution in [0.25, 0.3) is 0 Å². The Balaban J connectivity index is -0.000000152. The van der Waals surface area contributed by atoms with E-state index < -0.39 is 0 Å². The summed E-state index contributed by atoms with van der Waals surface area (Å²) in [5.41, 5.74) is 0. The fourth-order valence-corrected chi connectivity index (χ4v) is 0.274. The Morgan fingerprint density at radius 3 is 1.36 bits per heavy atom. The normalized spacial score (nSPS) is 9.00. The lowest BCUT2D eigenvalue weighted by atomic mass is 10.6. The number of likely N-dealkylation sites (N-methyl/N-ethyl adjacent to an activating group) is 1. The first kappa shape index (κ1) is 19.5. The Labute approximate surface area is 91.0 Å². The SMILES string of the molecule is CC.CCN(C)C.COCCN(C)C. The van der Waals surface area contributed by atoms with Gasteiger partial charge in [0.1, 0.15) is 0 Å². The molecule has 0 aliphatic heterocycles. The minimum absolute atomic E-state index is 0.826. The second kappa shape index (κ2) is 18.6. The smallest absolute Gasteiger partial charge is 0.0589 e.